The lowest BCUT2D eigenvalue weighted by atomic mass is 10.1. The van der Waals surface area contributed by atoms with Gasteiger partial charge in [-0.1, -0.05) is 23.2 Å². The highest BCUT2D eigenvalue weighted by molar-refractivity contribution is 6.34. The Bertz CT molecular complexity index is 480. The van der Waals surface area contributed by atoms with E-state index in [1.165, 1.54) is 4.90 Å². The molecule has 1 N–H and O–H groups in total. The van der Waals surface area contributed by atoms with Crippen molar-refractivity contribution in [2.75, 3.05) is 13.1 Å². The molecule has 102 valence electrons. The summed E-state index contributed by atoms with van der Waals surface area (Å²) in [5.41, 5.74) is 0.485. The molecule has 0 aliphatic carbocycles. The van der Waals surface area contributed by atoms with Crippen LogP contribution in [-0.4, -0.2) is 29.0 Å². The summed E-state index contributed by atoms with van der Waals surface area (Å²) < 4.78 is 0. The predicted molar refractivity (Wildman–Crippen MR) is 73.9 cm³/mol. The minimum absolute atomic E-state index is 0.0123. The maximum atomic E-state index is 11.9. The third-order valence-corrected chi connectivity index (χ3v) is 3.07. The molecule has 6 heteroatoms. The molecule has 1 amide bonds. The molecule has 1 aromatic carbocycles. The van der Waals surface area contributed by atoms with E-state index in [9.17, 15) is 9.90 Å². The first-order valence-electron chi connectivity index (χ1n) is 5.76. The van der Waals surface area contributed by atoms with Crippen molar-refractivity contribution in [3.05, 3.63) is 33.8 Å². The summed E-state index contributed by atoms with van der Waals surface area (Å²) in [6.45, 7) is 2.21. The molecule has 1 unspecified atom stereocenters. The highest BCUT2D eigenvalue weighted by Crippen LogP contribution is 2.25. The van der Waals surface area contributed by atoms with Crippen molar-refractivity contribution >= 4 is 29.1 Å². The highest BCUT2D eigenvalue weighted by atomic mass is 35.5. The van der Waals surface area contributed by atoms with Crippen LogP contribution in [0.3, 0.4) is 0 Å². The van der Waals surface area contributed by atoms with E-state index in [2.05, 4.69) is 0 Å². The number of rotatable bonds is 5. The zero-order chi connectivity index (χ0) is 14.4. The molecule has 0 saturated carbocycles. The molecule has 1 atom stereocenters. The largest absolute Gasteiger partial charge is 0.388 e. The number of amides is 1. The second kappa shape index (κ2) is 7.34. The van der Waals surface area contributed by atoms with Crippen LogP contribution in [0.15, 0.2) is 18.2 Å². The SMILES string of the molecule is CCN(CC#N)C(=O)CC(O)c1cc(Cl)cc(Cl)c1. The number of hydrogen-bond donors (Lipinski definition) is 1. The van der Waals surface area contributed by atoms with Crippen LogP contribution < -0.4 is 0 Å². The Morgan fingerprint density at radius 1 is 1.42 bits per heavy atom. The minimum atomic E-state index is -0.989. The second-order valence-electron chi connectivity index (χ2n) is 3.99. The number of benzene rings is 1. The number of aliphatic hydroxyl groups excluding tert-OH is 1. The van der Waals surface area contributed by atoms with Gasteiger partial charge in [-0.3, -0.25) is 4.79 Å². The van der Waals surface area contributed by atoms with Crippen LogP contribution in [-0.2, 0) is 4.79 Å². The van der Waals surface area contributed by atoms with Crippen LogP contribution in [0.25, 0.3) is 0 Å². The Labute approximate surface area is 122 Å². The van der Waals surface area contributed by atoms with Gasteiger partial charge in [0.1, 0.15) is 6.54 Å². The molecular formula is C13H14Cl2N2O2. The number of halogens is 2. The van der Waals surface area contributed by atoms with Gasteiger partial charge in [0.05, 0.1) is 18.6 Å². The van der Waals surface area contributed by atoms with Crippen molar-refractivity contribution in [2.45, 2.75) is 19.4 Å². The Morgan fingerprint density at radius 2 is 2.00 bits per heavy atom. The van der Waals surface area contributed by atoms with Gasteiger partial charge in [0.25, 0.3) is 0 Å². The summed E-state index contributed by atoms with van der Waals surface area (Å²) in [6.07, 6.45) is -1.09. The van der Waals surface area contributed by atoms with E-state index >= 15 is 0 Å². The normalized spacial score (nSPS) is 11.7. The fourth-order valence-corrected chi connectivity index (χ4v) is 2.18. The smallest absolute Gasteiger partial charge is 0.226 e. The Morgan fingerprint density at radius 3 is 2.47 bits per heavy atom. The lowest BCUT2D eigenvalue weighted by molar-refractivity contribution is -0.132. The van der Waals surface area contributed by atoms with Gasteiger partial charge < -0.3 is 10.0 Å². The van der Waals surface area contributed by atoms with E-state index in [1.54, 1.807) is 25.1 Å². The van der Waals surface area contributed by atoms with Crippen molar-refractivity contribution in [3.8, 4) is 6.07 Å². The molecule has 19 heavy (non-hydrogen) atoms. The third kappa shape index (κ3) is 4.71. The maximum absolute atomic E-state index is 11.9. The van der Waals surface area contributed by atoms with E-state index in [0.29, 0.717) is 22.2 Å². The van der Waals surface area contributed by atoms with Crippen LogP contribution in [0.5, 0.6) is 0 Å². The van der Waals surface area contributed by atoms with Gasteiger partial charge >= 0.3 is 0 Å². The Balaban J connectivity index is 2.76. The van der Waals surface area contributed by atoms with Gasteiger partial charge in [0, 0.05) is 16.6 Å². The van der Waals surface area contributed by atoms with E-state index < -0.39 is 6.10 Å². The van der Waals surface area contributed by atoms with E-state index in [0.717, 1.165) is 0 Å². The van der Waals surface area contributed by atoms with Crippen LogP contribution >= 0.6 is 23.2 Å². The first-order valence-corrected chi connectivity index (χ1v) is 6.52. The van der Waals surface area contributed by atoms with Crippen molar-refractivity contribution in [1.29, 1.82) is 5.26 Å². The fraction of sp³-hybridized carbons (Fsp3) is 0.385. The standard InChI is InChI=1S/C13H14Cl2N2O2/c1-2-17(4-3-16)13(19)8-12(18)9-5-10(14)7-11(15)6-9/h5-7,12,18H,2,4,8H2,1H3. The quantitative estimate of drug-likeness (QED) is 0.851. The molecule has 0 spiro atoms. The van der Waals surface area contributed by atoms with E-state index in [4.69, 9.17) is 28.5 Å². The van der Waals surface area contributed by atoms with Gasteiger partial charge in [-0.15, -0.1) is 0 Å². The van der Waals surface area contributed by atoms with Crippen LogP contribution in [0.4, 0.5) is 0 Å². The van der Waals surface area contributed by atoms with E-state index in [-0.39, 0.29) is 18.9 Å². The molecule has 0 bridgehead atoms. The third-order valence-electron chi connectivity index (χ3n) is 2.63. The first-order chi connectivity index (χ1) is 8.97. The molecule has 4 nitrogen and oxygen atoms in total. The highest BCUT2D eigenvalue weighted by Gasteiger charge is 2.18. The zero-order valence-electron chi connectivity index (χ0n) is 10.4. The zero-order valence-corrected chi connectivity index (χ0v) is 11.9. The van der Waals surface area contributed by atoms with Gasteiger partial charge in [-0.05, 0) is 30.7 Å². The van der Waals surface area contributed by atoms with Gasteiger partial charge in [0.15, 0.2) is 0 Å². The number of hydrogen-bond acceptors (Lipinski definition) is 3. The molecule has 1 aromatic rings. The van der Waals surface area contributed by atoms with Crippen LogP contribution in [0.1, 0.15) is 25.0 Å². The van der Waals surface area contributed by atoms with Gasteiger partial charge in [-0.25, -0.2) is 0 Å². The fourth-order valence-electron chi connectivity index (χ4n) is 1.64. The lowest BCUT2D eigenvalue weighted by Gasteiger charge is -2.19. The van der Waals surface area contributed by atoms with Crippen LogP contribution in [0.2, 0.25) is 10.0 Å². The molecular weight excluding hydrogens is 287 g/mol. The van der Waals surface area contributed by atoms with Crippen molar-refractivity contribution in [1.82, 2.24) is 4.90 Å². The summed E-state index contributed by atoms with van der Waals surface area (Å²) in [7, 11) is 0. The number of nitriles is 1. The summed E-state index contributed by atoms with van der Waals surface area (Å²) in [5, 5.41) is 19.4. The topological polar surface area (TPSA) is 64.3 Å². The molecule has 0 heterocycles. The Hall–Kier alpha value is -1.28. The molecule has 0 radical (unpaired) electrons. The van der Waals surface area contributed by atoms with Crippen molar-refractivity contribution < 1.29 is 9.90 Å². The monoisotopic (exact) mass is 300 g/mol. The van der Waals surface area contributed by atoms with Crippen LogP contribution in [0, 0.1) is 11.3 Å². The maximum Gasteiger partial charge on any atom is 0.226 e. The molecule has 0 aliphatic heterocycles. The minimum Gasteiger partial charge on any atom is -0.388 e. The Kier molecular flexibility index (Phi) is 6.10. The number of carbonyl (C=O) groups is 1. The molecule has 0 aromatic heterocycles. The van der Waals surface area contributed by atoms with Crippen molar-refractivity contribution in [2.24, 2.45) is 0 Å². The molecule has 0 fully saturated rings. The average molecular weight is 301 g/mol. The summed E-state index contributed by atoms with van der Waals surface area (Å²) in [6, 6.07) is 6.59. The summed E-state index contributed by atoms with van der Waals surface area (Å²) in [5.74, 6) is -0.285. The number of nitrogens with zero attached hydrogens (tertiary/aromatic N) is 2. The summed E-state index contributed by atoms with van der Waals surface area (Å²) in [4.78, 5) is 13.2. The van der Waals surface area contributed by atoms with Crippen molar-refractivity contribution in [3.63, 3.8) is 0 Å². The molecule has 1 rings (SSSR count). The van der Waals surface area contributed by atoms with E-state index in [1.807, 2.05) is 6.07 Å². The van der Waals surface area contributed by atoms with Gasteiger partial charge in [-0.2, -0.15) is 5.26 Å². The number of aliphatic hydroxyl groups is 1. The second-order valence-corrected chi connectivity index (χ2v) is 4.86. The molecule has 0 saturated heterocycles. The average Bonchev–Trinajstić information content (AvgIpc) is 2.34. The summed E-state index contributed by atoms with van der Waals surface area (Å²) >= 11 is 11.7. The lowest BCUT2D eigenvalue weighted by Crippen LogP contribution is -2.32. The first kappa shape index (κ1) is 15.8. The predicted octanol–water partition coefficient (Wildman–Crippen LogP) is 2.79. The number of carbonyl (C=O) groups excluding carboxylic acids is 1. The molecule has 0 aliphatic rings. The van der Waals surface area contributed by atoms with Gasteiger partial charge in [0.2, 0.25) is 5.91 Å².